The molecule has 6 nitrogen and oxygen atoms in total. The lowest BCUT2D eigenvalue weighted by Gasteiger charge is -2.39. The van der Waals surface area contributed by atoms with Crippen molar-refractivity contribution in [2.24, 2.45) is 5.14 Å². The Morgan fingerprint density at radius 1 is 1.04 bits per heavy atom. The summed E-state index contributed by atoms with van der Waals surface area (Å²) in [6, 6.07) is 14.0. The van der Waals surface area contributed by atoms with E-state index in [-0.39, 0.29) is 16.4 Å². The van der Waals surface area contributed by atoms with Crippen LogP contribution < -0.4 is 5.14 Å². The van der Waals surface area contributed by atoms with Crippen LogP contribution in [0.3, 0.4) is 0 Å². The lowest BCUT2D eigenvalue weighted by atomic mass is 9.83. The van der Waals surface area contributed by atoms with E-state index in [9.17, 15) is 13.2 Å². The van der Waals surface area contributed by atoms with E-state index in [4.69, 9.17) is 9.88 Å². The molecule has 0 unspecified atom stereocenters. The van der Waals surface area contributed by atoms with Gasteiger partial charge in [-0.05, 0) is 48.2 Å². The Morgan fingerprint density at radius 2 is 1.69 bits per heavy atom. The summed E-state index contributed by atoms with van der Waals surface area (Å²) in [5.74, 6) is -0.105. The molecule has 1 spiro atoms. The minimum absolute atomic E-state index is 0.00242. The van der Waals surface area contributed by atoms with Gasteiger partial charge in [-0.1, -0.05) is 24.3 Å². The molecule has 1 saturated heterocycles. The molecule has 0 bridgehead atoms. The number of likely N-dealkylation sites (tertiary alicyclic amines) is 1. The number of sulfonamides is 1. The predicted octanol–water partition coefficient (Wildman–Crippen LogP) is 2.00. The van der Waals surface area contributed by atoms with E-state index in [1.54, 1.807) is 4.90 Å². The highest BCUT2D eigenvalue weighted by molar-refractivity contribution is 7.89. The van der Waals surface area contributed by atoms with E-state index in [0.717, 1.165) is 12.8 Å². The second-order valence-corrected chi connectivity index (χ2v) is 8.36. The first-order chi connectivity index (χ1) is 12.4. The van der Waals surface area contributed by atoms with Crippen molar-refractivity contribution in [2.45, 2.75) is 29.9 Å². The molecule has 7 heteroatoms. The van der Waals surface area contributed by atoms with E-state index in [1.165, 1.54) is 35.4 Å². The highest BCUT2D eigenvalue weighted by Gasteiger charge is 2.43. The molecular formula is C19H20N2O4S. The summed E-state index contributed by atoms with van der Waals surface area (Å²) >= 11 is 0. The van der Waals surface area contributed by atoms with Crippen molar-refractivity contribution >= 4 is 15.9 Å². The number of rotatable bonds is 2. The van der Waals surface area contributed by atoms with Crippen LogP contribution in [-0.4, -0.2) is 32.3 Å². The van der Waals surface area contributed by atoms with Crippen LogP contribution >= 0.6 is 0 Å². The summed E-state index contributed by atoms with van der Waals surface area (Å²) in [7, 11) is -3.76. The van der Waals surface area contributed by atoms with E-state index < -0.39 is 10.0 Å². The number of primary sulfonamides is 1. The van der Waals surface area contributed by atoms with Gasteiger partial charge in [0.05, 0.1) is 17.1 Å². The number of hydrogen-bond donors (Lipinski definition) is 1. The van der Waals surface area contributed by atoms with Crippen molar-refractivity contribution in [3.63, 3.8) is 0 Å². The maximum Gasteiger partial charge on any atom is 0.253 e. The summed E-state index contributed by atoms with van der Waals surface area (Å²) < 4.78 is 28.8. The Morgan fingerprint density at radius 3 is 2.35 bits per heavy atom. The Kier molecular flexibility index (Phi) is 4.10. The van der Waals surface area contributed by atoms with Crippen LogP contribution in [0.15, 0.2) is 53.4 Å². The Labute approximate surface area is 152 Å². The topological polar surface area (TPSA) is 89.7 Å². The Balaban J connectivity index is 1.48. The van der Waals surface area contributed by atoms with Crippen molar-refractivity contribution in [1.82, 2.24) is 4.90 Å². The van der Waals surface area contributed by atoms with E-state index >= 15 is 0 Å². The highest BCUT2D eigenvalue weighted by atomic mass is 32.2. The zero-order valence-electron chi connectivity index (χ0n) is 14.2. The second kappa shape index (κ2) is 6.19. The van der Waals surface area contributed by atoms with Crippen molar-refractivity contribution in [2.75, 3.05) is 13.1 Å². The van der Waals surface area contributed by atoms with Crippen molar-refractivity contribution in [1.29, 1.82) is 0 Å². The van der Waals surface area contributed by atoms with Crippen molar-refractivity contribution in [3.05, 3.63) is 65.2 Å². The van der Waals surface area contributed by atoms with Gasteiger partial charge in [0, 0.05) is 18.7 Å². The molecule has 2 aromatic carbocycles. The van der Waals surface area contributed by atoms with Crippen LogP contribution in [0.1, 0.15) is 34.3 Å². The van der Waals surface area contributed by atoms with E-state index in [0.29, 0.717) is 25.3 Å². The van der Waals surface area contributed by atoms with Crippen LogP contribution in [0.5, 0.6) is 0 Å². The zero-order valence-corrected chi connectivity index (χ0v) is 15.0. The normalized spacial score (nSPS) is 18.7. The number of ether oxygens (including phenoxy) is 1. The fourth-order valence-electron chi connectivity index (χ4n) is 3.84. The van der Waals surface area contributed by atoms with Crippen molar-refractivity contribution in [3.8, 4) is 0 Å². The van der Waals surface area contributed by atoms with Gasteiger partial charge in [0.25, 0.3) is 5.91 Å². The summed E-state index contributed by atoms with van der Waals surface area (Å²) in [4.78, 5) is 14.5. The molecule has 1 amide bonds. The monoisotopic (exact) mass is 372 g/mol. The molecule has 0 aliphatic carbocycles. The number of fused-ring (bicyclic) bond motifs is 2. The van der Waals surface area contributed by atoms with Gasteiger partial charge in [0.2, 0.25) is 10.0 Å². The number of carbonyl (C=O) groups is 1. The summed E-state index contributed by atoms with van der Waals surface area (Å²) in [5.41, 5.74) is 2.64. The number of amides is 1. The lowest BCUT2D eigenvalue weighted by molar-refractivity contribution is -0.0741. The predicted molar refractivity (Wildman–Crippen MR) is 95.9 cm³/mol. The maximum atomic E-state index is 12.7. The van der Waals surface area contributed by atoms with Crippen molar-refractivity contribution < 1.29 is 17.9 Å². The Hall–Kier alpha value is -2.22. The van der Waals surface area contributed by atoms with E-state index in [2.05, 4.69) is 12.1 Å². The quantitative estimate of drug-likeness (QED) is 0.873. The van der Waals surface area contributed by atoms with Gasteiger partial charge in [0.1, 0.15) is 0 Å². The number of carbonyl (C=O) groups excluding carboxylic acids is 1. The van der Waals surface area contributed by atoms with Gasteiger partial charge in [-0.15, -0.1) is 0 Å². The molecule has 2 heterocycles. The summed E-state index contributed by atoms with van der Waals surface area (Å²) in [5, 5.41) is 5.09. The maximum absolute atomic E-state index is 12.7. The van der Waals surface area contributed by atoms with E-state index in [1.807, 2.05) is 12.1 Å². The second-order valence-electron chi connectivity index (χ2n) is 6.80. The molecule has 0 atom stereocenters. The fraction of sp³-hybridized carbons (Fsp3) is 0.316. The van der Waals surface area contributed by atoms with Crippen LogP contribution in [0.2, 0.25) is 0 Å². The van der Waals surface area contributed by atoms with Gasteiger partial charge in [-0.3, -0.25) is 4.79 Å². The van der Waals surface area contributed by atoms with Gasteiger partial charge < -0.3 is 9.64 Å². The van der Waals surface area contributed by atoms with Crippen LogP contribution in [0, 0.1) is 0 Å². The molecule has 0 radical (unpaired) electrons. The molecule has 4 rings (SSSR count). The molecule has 2 aliphatic heterocycles. The largest absolute Gasteiger partial charge is 0.365 e. The molecule has 1 fully saturated rings. The smallest absolute Gasteiger partial charge is 0.253 e. The molecule has 2 N–H and O–H groups in total. The highest BCUT2D eigenvalue weighted by Crippen LogP contribution is 2.44. The third-order valence-electron chi connectivity index (χ3n) is 5.30. The number of nitrogens with two attached hydrogens (primary N) is 1. The minimum Gasteiger partial charge on any atom is -0.365 e. The molecule has 136 valence electrons. The minimum atomic E-state index is -3.76. The summed E-state index contributed by atoms with van der Waals surface area (Å²) in [6.07, 6.45) is 1.51. The molecule has 2 aromatic rings. The number of piperidine rings is 1. The first-order valence-electron chi connectivity index (χ1n) is 8.54. The number of hydrogen-bond acceptors (Lipinski definition) is 4. The third kappa shape index (κ3) is 2.92. The van der Waals surface area contributed by atoms with Crippen LogP contribution in [0.4, 0.5) is 0 Å². The average Bonchev–Trinajstić information content (AvgIpc) is 3.00. The number of nitrogens with zero attached hydrogens (tertiary/aromatic N) is 1. The first kappa shape index (κ1) is 17.2. The SMILES string of the molecule is NS(=O)(=O)c1ccc(C(=O)N2CCC3(CC2)OCc2ccccc23)cc1. The molecule has 2 aliphatic rings. The molecule has 26 heavy (non-hydrogen) atoms. The third-order valence-corrected chi connectivity index (χ3v) is 6.23. The summed E-state index contributed by atoms with van der Waals surface area (Å²) in [6.45, 7) is 1.83. The Bertz CT molecular complexity index is 946. The molecule has 0 saturated carbocycles. The molecular weight excluding hydrogens is 352 g/mol. The van der Waals surface area contributed by atoms with Gasteiger partial charge >= 0.3 is 0 Å². The van der Waals surface area contributed by atoms with Crippen LogP contribution in [-0.2, 0) is 27.0 Å². The average molecular weight is 372 g/mol. The van der Waals surface area contributed by atoms with Gasteiger partial charge in [-0.2, -0.15) is 0 Å². The van der Waals surface area contributed by atoms with Gasteiger partial charge in [0.15, 0.2) is 0 Å². The number of benzene rings is 2. The lowest BCUT2D eigenvalue weighted by Crippen LogP contribution is -2.45. The van der Waals surface area contributed by atoms with Crippen LogP contribution in [0.25, 0.3) is 0 Å². The fourth-order valence-corrected chi connectivity index (χ4v) is 4.35. The zero-order chi connectivity index (χ0) is 18.4. The van der Waals surface area contributed by atoms with Gasteiger partial charge in [-0.25, -0.2) is 13.6 Å². The standard InChI is InChI=1S/C19H20N2O4S/c20-26(23,24)16-7-5-14(6-8-16)18(22)21-11-9-19(10-12-21)17-4-2-1-3-15(17)13-25-19/h1-8H,9-13H2,(H2,20,23,24). The first-order valence-corrected chi connectivity index (χ1v) is 10.1. The molecule has 0 aromatic heterocycles.